The van der Waals surface area contributed by atoms with E-state index in [2.05, 4.69) is 58.7 Å². The van der Waals surface area contributed by atoms with E-state index >= 15 is 0 Å². The van der Waals surface area contributed by atoms with Crippen LogP contribution in [0.25, 0.3) is 0 Å². The second-order valence-electron chi connectivity index (χ2n) is 8.66. The van der Waals surface area contributed by atoms with Crippen LogP contribution in [-0.4, -0.2) is 47.8 Å². The van der Waals surface area contributed by atoms with Crippen LogP contribution in [0.1, 0.15) is 61.3 Å². The molecule has 2 aliphatic rings. The van der Waals surface area contributed by atoms with Gasteiger partial charge in [0, 0.05) is 25.2 Å². The highest BCUT2D eigenvalue weighted by atomic mass is 16.5. The van der Waals surface area contributed by atoms with Crippen LogP contribution in [0.5, 0.6) is 0 Å². The van der Waals surface area contributed by atoms with Gasteiger partial charge in [-0.1, -0.05) is 20.8 Å². The Kier molecular flexibility index (Phi) is 4.27. The largest absolute Gasteiger partial charge is 0.367 e. The lowest BCUT2D eigenvalue weighted by atomic mass is 9.85. The highest BCUT2D eigenvalue weighted by Gasteiger charge is 2.48. The molecule has 1 aliphatic carbocycles. The van der Waals surface area contributed by atoms with E-state index in [0.29, 0.717) is 17.5 Å². The molecule has 0 radical (unpaired) electrons. The lowest BCUT2D eigenvalue weighted by molar-refractivity contribution is -0.189. The van der Waals surface area contributed by atoms with Crippen LogP contribution in [0.4, 0.5) is 0 Å². The number of nitrogens with one attached hydrogen (secondary N) is 1. The second kappa shape index (κ2) is 5.26. The Hall–Kier alpha value is -0.120. The summed E-state index contributed by atoms with van der Waals surface area (Å²) >= 11 is 0. The minimum absolute atomic E-state index is 0.0503. The quantitative estimate of drug-likeness (QED) is 0.861. The van der Waals surface area contributed by atoms with Crippen molar-refractivity contribution in [1.82, 2.24) is 10.2 Å². The summed E-state index contributed by atoms with van der Waals surface area (Å²) in [5.41, 5.74) is 0.295. The molecule has 2 fully saturated rings. The third kappa shape index (κ3) is 3.37. The molecule has 2 unspecified atom stereocenters. The monoisotopic (exact) mass is 282 g/mol. The van der Waals surface area contributed by atoms with E-state index in [0.717, 1.165) is 19.6 Å². The van der Waals surface area contributed by atoms with Gasteiger partial charge in [0.1, 0.15) is 0 Å². The summed E-state index contributed by atoms with van der Waals surface area (Å²) in [6.07, 6.45) is 2.62. The van der Waals surface area contributed by atoms with E-state index in [1.807, 2.05) is 0 Å². The van der Waals surface area contributed by atoms with E-state index < -0.39 is 0 Å². The molecular formula is C17H34N2O. The van der Waals surface area contributed by atoms with Crippen LogP contribution in [0.3, 0.4) is 0 Å². The molecule has 0 aromatic carbocycles. The first-order chi connectivity index (χ1) is 9.06. The highest BCUT2D eigenvalue weighted by molar-refractivity contribution is 5.04. The molecule has 0 bridgehead atoms. The van der Waals surface area contributed by atoms with Crippen LogP contribution in [0.15, 0.2) is 0 Å². The molecule has 1 saturated carbocycles. The smallest absolute Gasteiger partial charge is 0.0760 e. The van der Waals surface area contributed by atoms with Gasteiger partial charge in [-0.25, -0.2) is 0 Å². The number of hydrogen-bond donors (Lipinski definition) is 1. The summed E-state index contributed by atoms with van der Waals surface area (Å²) in [5.74, 6) is 0. The van der Waals surface area contributed by atoms with Gasteiger partial charge < -0.3 is 10.1 Å². The van der Waals surface area contributed by atoms with E-state index in [1.165, 1.54) is 12.8 Å². The topological polar surface area (TPSA) is 24.5 Å². The summed E-state index contributed by atoms with van der Waals surface area (Å²) in [5, 5.41) is 3.75. The van der Waals surface area contributed by atoms with Crippen molar-refractivity contribution in [3.63, 3.8) is 0 Å². The van der Waals surface area contributed by atoms with Crippen molar-refractivity contribution >= 4 is 0 Å². The molecule has 118 valence electrons. The lowest BCUT2D eigenvalue weighted by Crippen LogP contribution is -2.63. The summed E-state index contributed by atoms with van der Waals surface area (Å²) in [6, 6.07) is 1.24. The molecule has 1 aliphatic heterocycles. The molecule has 1 saturated heterocycles. The maximum atomic E-state index is 6.24. The zero-order valence-electron chi connectivity index (χ0n) is 14.5. The molecule has 0 amide bonds. The van der Waals surface area contributed by atoms with Crippen molar-refractivity contribution < 1.29 is 4.74 Å². The summed E-state index contributed by atoms with van der Waals surface area (Å²) < 4.78 is 6.24. The van der Waals surface area contributed by atoms with Gasteiger partial charge in [-0.2, -0.15) is 0 Å². The van der Waals surface area contributed by atoms with Gasteiger partial charge in [0.2, 0.25) is 0 Å². The second-order valence-corrected chi connectivity index (χ2v) is 8.66. The van der Waals surface area contributed by atoms with Crippen LogP contribution in [-0.2, 0) is 4.74 Å². The van der Waals surface area contributed by atoms with Gasteiger partial charge in [0.05, 0.1) is 11.2 Å². The van der Waals surface area contributed by atoms with Gasteiger partial charge in [-0.05, 0) is 52.5 Å². The Labute approximate surface area is 125 Å². The Balaban J connectivity index is 2.17. The van der Waals surface area contributed by atoms with E-state index in [-0.39, 0.29) is 11.2 Å². The Morgan fingerprint density at radius 2 is 1.60 bits per heavy atom. The zero-order valence-corrected chi connectivity index (χ0v) is 14.5. The van der Waals surface area contributed by atoms with Gasteiger partial charge >= 0.3 is 0 Å². The summed E-state index contributed by atoms with van der Waals surface area (Å²) in [7, 11) is 0. The molecule has 1 heterocycles. The molecule has 0 spiro atoms. The number of likely N-dealkylation sites (N-methyl/N-ethyl adjacent to an activating group) is 1. The van der Waals surface area contributed by atoms with Crippen LogP contribution in [0, 0.1) is 5.41 Å². The van der Waals surface area contributed by atoms with Gasteiger partial charge in [-0.15, -0.1) is 0 Å². The Morgan fingerprint density at radius 3 is 2.10 bits per heavy atom. The number of rotatable bonds is 3. The predicted octanol–water partition coefficient (Wildman–Crippen LogP) is 3.04. The van der Waals surface area contributed by atoms with Gasteiger partial charge in [0.15, 0.2) is 0 Å². The van der Waals surface area contributed by atoms with Crippen molar-refractivity contribution in [3.8, 4) is 0 Å². The standard InChI is InChI=1S/C17H34N2O/c1-8-18-14-13(9-10-15(14,2)3)19-11-16(4,5)20-17(6,7)12-19/h13-14,18H,8-12H2,1-7H3. The van der Waals surface area contributed by atoms with Gasteiger partial charge in [-0.3, -0.25) is 4.90 Å². The molecule has 0 aromatic rings. The third-order valence-electron chi connectivity index (χ3n) is 4.92. The van der Waals surface area contributed by atoms with E-state index in [4.69, 9.17) is 4.74 Å². The van der Waals surface area contributed by atoms with Crippen LogP contribution in [0.2, 0.25) is 0 Å². The fraction of sp³-hybridized carbons (Fsp3) is 1.00. The molecule has 0 aromatic heterocycles. The van der Waals surface area contributed by atoms with Crippen molar-refractivity contribution in [2.24, 2.45) is 5.41 Å². The van der Waals surface area contributed by atoms with Gasteiger partial charge in [0.25, 0.3) is 0 Å². The molecule has 3 heteroatoms. The first kappa shape index (κ1) is 16.3. The van der Waals surface area contributed by atoms with Crippen molar-refractivity contribution in [1.29, 1.82) is 0 Å². The third-order valence-corrected chi connectivity index (χ3v) is 4.92. The van der Waals surface area contributed by atoms with Crippen LogP contribution < -0.4 is 5.32 Å². The average Bonchev–Trinajstić information content (AvgIpc) is 2.51. The lowest BCUT2D eigenvalue weighted by Gasteiger charge is -2.50. The molecule has 1 N–H and O–H groups in total. The molecule has 2 atom stereocenters. The minimum Gasteiger partial charge on any atom is -0.367 e. The van der Waals surface area contributed by atoms with Crippen molar-refractivity contribution in [3.05, 3.63) is 0 Å². The first-order valence-corrected chi connectivity index (χ1v) is 8.24. The zero-order chi connectivity index (χ0) is 15.2. The normalized spacial score (nSPS) is 36.1. The molecular weight excluding hydrogens is 248 g/mol. The summed E-state index contributed by atoms with van der Waals surface area (Å²) in [6.45, 7) is 19.1. The van der Waals surface area contributed by atoms with E-state index in [9.17, 15) is 0 Å². The Bertz CT molecular complexity index is 333. The SMILES string of the molecule is CCNC1C(N2CC(C)(C)OC(C)(C)C2)CCC1(C)C. The number of morpholine rings is 1. The maximum absolute atomic E-state index is 6.24. The highest BCUT2D eigenvalue weighted by Crippen LogP contribution is 2.42. The molecule has 3 nitrogen and oxygen atoms in total. The fourth-order valence-electron chi connectivity index (χ4n) is 4.47. The first-order valence-electron chi connectivity index (χ1n) is 8.24. The number of nitrogens with zero attached hydrogens (tertiary/aromatic N) is 1. The number of hydrogen-bond acceptors (Lipinski definition) is 3. The molecule has 20 heavy (non-hydrogen) atoms. The fourth-order valence-corrected chi connectivity index (χ4v) is 4.47. The minimum atomic E-state index is -0.0503. The van der Waals surface area contributed by atoms with Crippen LogP contribution >= 0.6 is 0 Å². The van der Waals surface area contributed by atoms with Crippen molar-refractivity contribution in [2.45, 2.75) is 84.6 Å². The predicted molar refractivity (Wildman–Crippen MR) is 85.1 cm³/mol. The summed E-state index contributed by atoms with van der Waals surface area (Å²) in [4.78, 5) is 2.69. The van der Waals surface area contributed by atoms with Crippen molar-refractivity contribution in [2.75, 3.05) is 19.6 Å². The number of ether oxygens (including phenoxy) is 1. The Morgan fingerprint density at radius 1 is 1.05 bits per heavy atom. The molecule has 2 rings (SSSR count). The maximum Gasteiger partial charge on any atom is 0.0760 e. The van der Waals surface area contributed by atoms with E-state index in [1.54, 1.807) is 0 Å². The average molecular weight is 282 g/mol.